The lowest BCUT2D eigenvalue weighted by Crippen LogP contribution is -2.44. The van der Waals surface area contributed by atoms with Crippen LogP contribution < -0.4 is 5.73 Å². The molecule has 0 unspecified atom stereocenters. The Morgan fingerprint density at radius 2 is 1.76 bits per heavy atom. The summed E-state index contributed by atoms with van der Waals surface area (Å²) in [7, 11) is 0. The molecule has 2 N–H and O–H groups in total. The van der Waals surface area contributed by atoms with E-state index in [1.165, 1.54) is 0 Å². The minimum absolute atomic E-state index is 0.0108. The lowest BCUT2D eigenvalue weighted by molar-refractivity contribution is -0.137. The number of amides is 1. The molecular weight excluding hydrogens is 212 g/mol. The van der Waals surface area contributed by atoms with Crippen molar-refractivity contribution in [2.24, 2.45) is 17.1 Å². The Balaban J connectivity index is 4.66. The second kappa shape index (κ2) is 7.70. The molecule has 0 fully saturated rings. The van der Waals surface area contributed by atoms with Crippen molar-refractivity contribution in [2.45, 2.75) is 53.9 Å². The molecule has 0 aliphatic heterocycles. The number of carbonyl (C=O) groups is 1. The normalized spacial score (nSPS) is 11.9. The zero-order chi connectivity index (χ0) is 13.5. The van der Waals surface area contributed by atoms with Crippen LogP contribution in [0, 0.1) is 11.3 Å². The molecule has 17 heavy (non-hydrogen) atoms. The summed E-state index contributed by atoms with van der Waals surface area (Å²) < 4.78 is 0. The van der Waals surface area contributed by atoms with Gasteiger partial charge < -0.3 is 10.6 Å². The maximum Gasteiger partial charge on any atom is 0.225 e. The van der Waals surface area contributed by atoms with Gasteiger partial charge in [-0.05, 0) is 31.2 Å². The van der Waals surface area contributed by atoms with E-state index in [2.05, 4.69) is 34.6 Å². The Labute approximate surface area is 107 Å². The van der Waals surface area contributed by atoms with Crippen LogP contribution in [0.2, 0.25) is 0 Å². The summed E-state index contributed by atoms with van der Waals surface area (Å²) in [6.45, 7) is 12.8. The van der Waals surface area contributed by atoms with Crippen LogP contribution in [-0.2, 0) is 4.79 Å². The summed E-state index contributed by atoms with van der Waals surface area (Å²) in [5.41, 5.74) is 5.76. The molecule has 0 rings (SSSR count). The van der Waals surface area contributed by atoms with Crippen LogP contribution >= 0.6 is 0 Å². The quantitative estimate of drug-likeness (QED) is 0.711. The summed E-state index contributed by atoms with van der Waals surface area (Å²) in [6, 6.07) is 0. The van der Waals surface area contributed by atoms with E-state index in [4.69, 9.17) is 5.73 Å². The van der Waals surface area contributed by atoms with Gasteiger partial charge in [0.1, 0.15) is 0 Å². The molecule has 0 aromatic rings. The Kier molecular flexibility index (Phi) is 7.44. The molecule has 0 aliphatic carbocycles. The fourth-order valence-electron chi connectivity index (χ4n) is 2.01. The fraction of sp³-hybridized carbons (Fsp3) is 0.929. The summed E-state index contributed by atoms with van der Waals surface area (Å²) >= 11 is 0. The van der Waals surface area contributed by atoms with Crippen molar-refractivity contribution >= 4 is 5.91 Å². The SMILES string of the molecule is CCCN(CC(C)(C)CN)C(=O)C(CC)CC. The largest absolute Gasteiger partial charge is 0.342 e. The molecule has 0 aromatic heterocycles. The lowest BCUT2D eigenvalue weighted by atomic mass is 9.91. The lowest BCUT2D eigenvalue weighted by Gasteiger charge is -2.33. The van der Waals surface area contributed by atoms with E-state index >= 15 is 0 Å². The monoisotopic (exact) mass is 242 g/mol. The van der Waals surface area contributed by atoms with Gasteiger partial charge in [0.2, 0.25) is 5.91 Å². The van der Waals surface area contributed by atoms with E-state index < -0.39 is 0 Å². The molecule has 3 heteroatoms. The number of hydrogen-bond acceptors (Lipinski definition) is 2. The maximum atomic E-state index is 12.4. The molecular formula is C14H30N2O. The molecule has 0 spiro atoms. The highest BCUT2D eigenvalue weighted by molar-refractivity contribution is 5.78. The van der Waals surface area contributed by atoms with Gasteiger partial charge in [-0.2, -0.15) is 0 Å². The molecule has 3 nitrogen and oxygen atoms in total. The third-order valence-corrected chi connectivity index (χ3v) is 3.31. The highest BCUT2D eigenvalue weighted by Gasteiger charge is 2.26. The molecule has 0 atom stereocenters. The highest BCUT2D eigenvalue weighted by Crippen LogP contribution is 2.19. The van der Waals surface area contributed by atoms with Gasteiger partial charge in [-0.3, -0.25) is 4.79 Å². The van der Waals surface area contributed by atoms with Crippen molar-refractivity contribution in [2.75, 3.05) is 19.6 Å². The van der Waals surface area contributed by atoms with Gasteiger partial charge in [-0.1, -0.05) is 34.6 Å². The highest BCUT2D eigenvalue weighted by atomic mass is 16.2. The third-order valence-electron chi connectivity index (χ3n) is 3.31. The Bertz CT molecular complexity index is 222. The molecule has 1 amide bonds. The number of hydrogen-bond donors (Lipinski definition) is 1. The molecule has 0 saturated heterocycles. The third kappa shape index (κ3) is 5.53. The van der Waals surface area contributed by atoms with Gasteiger partial charge >= 0.3 is 0 Å². The van der Waals surface area contributed by atoms with Crippen molar-refractivity contribution in [1.29, 1.82) is 0 Å². The van der Waals surface area contributed by atoms with Crippen LogP contribution in [-0.4, -0.2) is 30.4 Å². The summed E-state index contributed by atoms with van der Waals surface area (Å²) in [6.07, 6.45) is 2.86. The van der Waals surface area contributed by atoms with E-state index in [9.17, 15) is 4.79 Å². The van der Waals surface area contributed by atoms with E-state index in [-0.39, 0.29) is 11.3 Å². The van der Waals surface area contributed by atoms with Gasteiger partial charge in [0.15, 0.2) is 0 Å². The van der Waals surface area contributed by atoms with Crippen LogP contribution in [0.15, 0.2) is 0 Å². The van der Waals surface area contributed by atoms with Gasteiger partial charge in [-0.15, -0.1) is 0 Å². The Morgan fingerprint density at radius 3 is 2.12 bits per heavy atom. The molecule has 102 valence electrons. The number of carbonyl (C=O) groups excluding carboxylic acids is 1. The first-order valence-electron chi connectivity index (χ1n) is 6.90. The zero-order valence-corrected chi connectivity index (χ0v) is 12.3. The Morgan fingerprint density at radius 1 is 1.24 bits per heavy atom. The summed E-state index contributed by atoms with van der Waals surface area (Å²) in [5, 5.41) is 0. The van der Waals surface area contributed by atoms with Crippen molar-refractivity contribution in [3.63, 3.8) is 0 Å². The average Bonchev–Trinajstić information content (AvgIpc) is 2.29. The smallest absolute Gasteiger partial charge is 0.225 e. The molecule has 0 saturated carbocycles. The Hall–Kier alpha value is -0.570. The van der Waals surface area contributed by atoms with Crippen molar-refractivity contribution in [3.8, 4) is 0 Å². The fourth-order valence-corrected chi connectivity index (χ4v) is 2.01. The van der Waals surface area contributed by atoms with Crippen molar-refractivity contribution < 1.29 is 4.79 Å². The maximum absolute atomic E-state index is 12.4. The molecule has 0 aromatic carbocycles. The average molecular weight is 242 g/mol. The second-order valence-corrected chi connectivity index (χ2v) is 5.64. The molecule has 0 bridgehead atoms. The number of rotatable bonds is 8. The summed E-state index contributed by atoms with van der Waals surface area (Å²) in [4.78, 5) is 14.4. The van der Waals surface area contributed by atoms with Crippen LogP contribution in [0.4, 0.5) is 0 Å². The minimum atomic E-state index is 0.0108. The first kappa shape index (κ1) is 16.4. The van der Waals surface area contributed by atoms with E-state index in [1.807, 2.05) is 4.90 Å². The first-order chi connectivity index (χ1) is 7.91. The van der Waals surface area contributed by atoms with Crippen LogP contribution in [0.1, 0.15) is 53.9 Å². The topological polar surface area (TPSA) is 46.3 Å². The predicted molar refractivity (Wildman–Crippen MR) is 73.8 cm³/mol. The van der Waals surface area contributed by atoms with Crippen LogP contribution in [0.25, 0.3) is 0 Å². The number of nitrogens with zero attached hydrogens (tertiary/aromatic N) is 1. The van der Waals surface area contributed by atoms with E-state index in [1.54, 1.807) is 0 Å². The van der Waals surface area contributed by atoms with Gasteiger partial charge in [0.25, 0.3) is 0 Å². The first-order valence-corrected chi connectivity index (χ1v) is 6.90. The van der Waals surface area contributed by atoms with Gasteiger partial charge in [-0.25, -0.2) is 0 Å². The van der Waals surface area contributed by atoms with Gasteiger partial charge in [0.05, 0.1) is 0 Å². The van der Waals surface area contributed by atoms with E-state index in [0.29, 0.717) is 12.5 Å². The summed E-state index contributed by atoms with van der Waals surface area (Å²) in [5.74, 6) is 0.480. The van der Waals surface area contributed by atoms with Crippen LogP contribution in [0.5, 0.6) is 0 Å². The predicted octanol–water partition coefficient (Wildman–Crippen LogP) is 2.65. The molecule has 0 aliphatic rings. The zero-order valence-electron chi connectivity index (χ0n) is 12.3. The second-order valence-electron chi connectivity index (χ2n) is 5.64. The van der Waals surface area contributed by atoms with Crippen molar-refractivity contribution in [1.82, 2.24) is 4.90 Å². The number of nitrogens with two attached hydrogens (primary N) is 1. The van der Waals surface area contributed by atoms with E-state index in [0.717, 1.165) is 32.4 Å². The van der Waals surface area contributed by atoms with Crippen LogP contribution in [0.3, 0.4) is 0 Å². The van der Waals surface area contributed by atoms with Crippen molar-refractivity contribution in [3.05, 3.63) is 0 Å². The minimum Gasteiger partial charge on any atom is -0.342 e. The van der Waals surface area contributed by atoms with Gasteiger partial charge in [0, 0.05) is 19.0 Å². The standard InChI is InChI=1S/C14H30N2O/c1-6-9-16(11-14(4,5)10-15)13(17)12(7-2)8-3/h12H,6-11,15H2,1-5H3. The molecule has 0 radical (unpaired) electrons. The molecule has 0 heterocycles.